The third-order valence-corrected chi connectivity index (χ3v) is 5.74. The number of nitrogens with zero attached hydrogens (tertiary/aromatic N) is 4. The molecule has 1 N–H and O–H groups in total. The third-order valence-electron chi connectivity index (χ3n) is 5.74. The van der Waals surface area contributed by atoms with Crippen LogP contribution in [0.1, 0.15) is 44.2 Å². The molecule has 2 aliphatic heterocycles. The minimum Gasteiger partial charge on any atom is -0.393 e. The summed E-state index contributed by atoms with van der Waals surface area (Å²) in [6.07, 6.45) is 5.90. The molecule has 2 fully saturated rings. The van der Waals surface area contributed by atoms with Gasteiger partial charge in [0.15, 0.2) is 5.82 Å². The van der Waals surface area contributed by atoms with Crippen molar-refractivity contribution >= 4 is 5.82 Å². The number of rotatable bonds is 4. The van der Waals surface area contributed by atoms with Gasteiger partial charge in [-0.3, -0.25) is 4.90 Å². The van der Waals surface area contributed by atoms with Crippen molar-refractivity contribution in [3.05, 3.63) is 42.1 Å². The largest absolute Gasteiger partial charge is 0.393 e. The highest BCUT2D eigenvalue weighted by Crippen LogP contribution is 2.28. The fourth-order valence-electron chi connectivity index (χ4n) is 4.04. The van der Waals surface area contributed by atoms with E-state index in [9.17, 15) is 5.11 Å². The summed E-state index contributed by atoms with van der Waals surface area (Å²) >= 11 is 0. The summed E-state index contributed by atoms with van der Waals surface area (Å²) in [5.74, 6) is 1.74. The molecule has 0 spiro atoms. The number of hydrogen-bond acceptors (Lipinski definition) is 5. The van der Waals surface area contributed by atoms with Crippen molar-refractivity contribution in [2.24, 2.45) is 0 Å². The van der Waals surface area contributed by atoms with Gasteiger partial charge in [-0.05, 0) is 63.4 Å². The number of aromatic nitrogens is 2. The second-order valence-electron chi connectivity index (χ2n) is 7.50. The third kappa shape index (κ3) is 3.74. The second kappa shape index (κ2) is 7.72. The number of anilines is 1. The molecule has 2 aliphatic rings. The van der Waals surface area contributed by atoms with Gasteiger partial charge in [-0.15, -0.1) is 0 Å². The monoisotopic (exact) mass is 352 g/mol. The zero-order valence-corrected chi connectivity index (χ0v) is 15.5. The number of aliphatic hydroxyl groups is 1. The maximum absolute atomic E-state index is 9.72. The van der Waals surface area contributed by atoms with Crippen molar-refractivity contribution in [3.8, 4) is 11.4 Å². The van der Waals surface area contributed by atoms with Gasteiger partial charge in [0.2, 0.25) is 0 Å². The molecule has 0 aliphatic carbocycles. The molecule has 1 aromatic carbocycles. The van der Waals surface area contributed by atoms with Gasteiger partial charge in [-0.2, -0.15) is 0 Å². The van der Waals surface area contributed by atoms with Gasteiger partial charge in [-0.25, -0.2) is 9.97 Å². The molecule has 138 valence electrons. The van der Waals surface area contributed by atoms with Crippen LogP contribution in [0.5, 0.6) is 0 Å². The van der Waals surface area contributed by atoms with Crippen LogP contribution in [0.4, 0.5) is 5.82 Å². The maximum atomic E-state index is 9.72. The molecule has 1 aromatic heterocycles. The molecule has 1 atom stereocenters. The topological polar surface area (TPSA) is 52.5 Å². The first-order valence-electron chi connectivity index (χ1n) is 9.81. The van der Waals surface area contributed by atoms with Gasteiger partial charge < -0.3 is 10.0 Å². The van der Waals surface area contributed by atoms with Gasteiger partial charge in [0.1, 0.15) is 5.82 Å². The smallest absolute Gasteiger partial charge is 0.161 e. The quantitative estimate of drug-likeness (QED) is 0.915. The average molecular weight is 352 g/mol. The predicted molar refractivity (Wildman–Crippen MR) is 104 cm³/mol. The molecule has 3 heterocycles. The molecule has 2 aromatic rings. The van der Waals surface area contributed by atoms with E-state index in [1.807, 2.05) is 12.3 Å². The Balaban J connectivity index is 1.55. The summed E-state index contributed by atoms with van der Waals surface area (Å²) in [5, 5.41) is 9.72. The average Bonchev–Trinajstić information content (AvgIpc) is 3.23. The second-order valence-corrected chi connectivity index (χ2v) is 7.50. The Kier molecular flexibility index (Phi) is 5.18. The van der Waals surface area contributed by atoms with Gasteiger partial charge in [0, 0.05) is 30.9 Å². The zero-order valence-electron chi connectivity index (χ0n) is 15.5. The lowest BCUT2D eigenvalue weighted by Gasteiger charge is -2.30. The van der Waals surface area contributed by atoms with Gasteiger partial charge in [0.05, 0.1) is 6.10 Å². The van der Waals surface area contributed by atoms with Crippen LogP contribution in [0.25, 0.3) is 11.4 Å². The number of hydrogen-bond donors (Lipinski definition) is 1. The van der Waals surface area contributed by atoms with E-state index in [1.165, 1.54) is 31.5 Å². The van der Waals surface area contributed by atoms with Crippen molar-refractivity contribution < 1.29 is 5.11 Å². The van der Waals surface area contributed by atoms with E-state index >= 15 is 0 Å². The maximum Gasteiger partial charge on any atom is 0.161 e. The van der Waals surface area contributed by atoms with Crippen molar-refractivity contribution in [2.75, 3.05) is 31.1 Å². The molecule has 0 amide bonds. The Morgan fingerprint density at radius 1 is 1.08 bits per heavy atom. The number of piperidine rings is 1. The van der Waals surface area contributed by atoms with Crippen LogP contribution in [0, 0.1) is 0 Å². The first-order valence-corrected chi connectivity index (χ1v) is 9.81. The van der Waals surface area contributed by atoms with Crippen LogP contribution in [-0.2, 0) is 0 Å². The lowest BCUT2D eigenvalue weighted by Crippen LogP contribution is -2.36. The highest BCUT2D eigenvalue weighted by Gasteiger charge is 2.21. The Hall–Kier alpha value is -1.98. The zero-order chi connectivity index (χ0) is 17.9. The van der Waals surface area contributed by atoms with Gasteiger partial charge in [0.25, 0.3) is 0 Å². The van der Waals surface area contributed by atoms with Crippen LogP contribution in [0.3, 0.4) is 0 Å². The summed E-state index contributed by atoms with van der Waals surface area (Å²) in [5.41, 5.74) is 2.41. The highest BCUT2D eigenvalue weighted by molar-refractivity contribution is 5.58. The van der Waals surface area contributed by atoms with Crippen LogP contribution in [0.15, 0.2) is 36.5 Å². The van der Waals surface area contributed by atoms with Crippen LogP contribution >= 0.6 is 0 Å². The molecule has 26 heavy (non-hydrogen) atoms. The lowest BCUT2D eigenvalue weighted by atomic mass is 10.0. The SMILES string of the molecule is C[C@@H](c1cccc(-c2nccc(N3CCC(O)CC3)n2)c1)N1CCCC1. The van der Waals surface area contributed by atoms with Crippen LogP contribution < -0.4 is 4.90 Å². The lowest BCUT2D eigenvalue weighted by molar-refractivity contribution is 0.145. The van der Waals surface area contributed by atoms with Crippen molar-refractivity contribution in [3.63, 3.8) is 0 Å². The van der Waals surface area contributed by atoms with Gasteiger partial charge >= 0.3 is 0 Å². The summed E-state index contributed by atoms with van der Waals surface area (Å²) in [6.45, 7) is 6.38. The molecular weight excluding hydrogens is 324 g/mol. The highest BCUT2D eigenvalue weighted by atomic mass is 16.3. The number of aliphatic hydroxyl groups excluding tert-OH is 1. The molecule has 5 heteroatoms. The molecule has 0 bridgehead atoms. The van der Waals surface area contributed by atoms with E-state index in [0.29, 0.717) is 6.04 Å². The Morgan fingerprint density at radius 3 is 2.62 bits per heavy atom. The van der Waals surface area contributed by atoms with Crippen LogP contribution in [0.2, 0.25) is 0 Å². The minimum absolute atomic E-state index is 0.170. The summed E-state index contributed by atoms with van der Waals surface area (Å²) < 4.78 is 0. The van der Waals surface area contributed by atoms with Crippen molar-refractivity contribution in [1.82, 2.24) is 14.9 Å². The Bertz CT molecular complexity index is 736. The summed E-state index contributed by atoms with van der Waals surface area (Å²) in [6, 6.07) is 11.1. The van der Waals surface area contributed by atoms with Gasteiger partial charge in [-0.1, -0.05) is 18.2 Å². The molecule has 0 saturated carbocycles. The molecule has 2 saturated heterocycles. The van der Waals surface area contributed by atoms with E-state index < -0.39 is 0 Å². The van der Waals surface area contributed by atoms with E-state index in [4.69, 9.17) is 4.98 Å². The Morgan fingerprint density at radius 2 is 1.85 bits per heavy atom. The van der Waals surface area contributed by atoms with Crippen LogP contribution in [-0.4, -0.2) is 52.3 Å². The predicted octanol–water partition coefficient (Wildman–Crippen LogP) is 3.26. The molecule has 0 radical (unpaired) electrons. The van der Waals surface area contributed by atoms with E-state index in [-0.39, 0.29) is 6.10 Å². The normalized spacial score (nSPS) is 20.5. The molecule has 4 rings (SSSR count). The Labute approximate surface area is 155 Å². The number of likely N-dealkylation sites (tertiary alicyclic amines) is 1. The molecule has 0 unspecified atom stereocenters. The minimum atomic E-state index is -0.170. The van der Waals surface area contributed by atoms with E-state index in [0.717, 1.165) is 43.1 Å². The van der Waals surface area contributed by atoms with Crippen molar-refractivity contribution in [2.45, 2.75) is 44.8 Å². The summed E-state index contributed by atoms with van der Waals surface area (Å²) in [4.78, 5) is 14.1. The first kappa shape index (κ1) is 17.4. The fraction of sp³-hybridized carbons (Fsp3) is 0.524. The number of benzene rings is 1. The fourth-order valence-corrected chi connectivity index (χ4v) is 4.04. The summed E-state index contributed by atoms with van der Waals surface area (Å²) in [7, 11) is 0. The first-order chi connectivity index (χ1) is 12.7. The molecular formula is C21H28N4O. The molecule has 5 nitrogen and oxygen atoms in total. The van der Waals surface area contributed by atoms with Crippen molar-refractivity contribution in [1.29, 1.82) is 0 Å². The standard InChI is InChI=1S/C21H28N4O/c1-16(24-11-2-3-12-24)17-5-4-6-18(15-17)21-22-10-7-20(23-21)25-13-8-19(26)9-14-25/h4-7,10,15-16,19,26H,2-3,8-9,11-14H2,1H3/t16-/m0/s1. The van der Waals surface area contributed by atoms with E-state index in [2.05, 4.69) is 46.0 Å². The van der Waals surface area contributed by atoms with E-state index in [1.54, 1.807) is 0 Å².